The first kappa shape index (κ1) is 22.0. The molecule has 0 amide bonds. The molecule has 168 valence electrons. The summed E-state index contributed by atoms with van der Waals surface area (Å²) in [7, 11) is 0. The molecule has 6 heteroatoms. The van der Waals surface area contributed by atoms with Gasteiger partial charge in [-0.3, -0.25) is 19.2 Å². The third-order valence-electron chi connectivity index (χ3n) is 8.74. The van der Waals surface area contributed by atoms with Gasteiger partial charge in [0.1, 0.15) is 0 Å². The SMILES string of the molecule is C=C1C(=O)C23CC[C@@H](CC2[C@]2(COC(C)=O)CCC[C@@](C)(COC(C)=O)C12)C(=C)C3=O. The van der Waals surface area contributed by atoms with Crippen molar-refractivity contribution in [2.45, 2.75) is 59.3 Å². The van der Waals surface area contributed by atoms with Gasteiger partial charge in [0.2, 0.25) is 0 Å². The maximum absolute atomic E-state index is 13.9. The van der Waals surface area contributed by atoms with Gasteiger partial charge < -0.3 is 9.47 Å². The lowest BCUT2D eigenvalue weighted by atomic mass is 9.35. The van der Waals surface area contributed by atoms with Crippen molar-refractivity contribution in [3.8, 4) is 0 Å². The molecule has 31 heavy (non-hydrogen) atoms. The zero-order valence-corrected chi connectivity index (χ0v) is 18.8. The molecule has 5 aliphatic carbocycles. The highest BCUT2D eigenvalue weighted by atomic mass is 16.5. The van der Waals surface area contributed by atoms with Crippen molar-refractivity contribution in [1.82, 2.24) is 0 Å². The lowest BCUT2D eigenvalue weighted by Gasteiger charge is -2.67. The Morgan fingerprint density at radius 2 is 1.58 bits per heavy atom. The molecule has 6 atom stereocenters. The molecule has 5 saturated carbocycles. The van der Waals surface area contributed by atoms with Crippen LogP contribution in [0.25, 0.3) is 0 Å². The summed E-state index contributed by atoms with van der Waals surface area (Å²) < 4.78 is 11.1. The number of rotatable bonds is 4. The summed E-state index contributed by atoms with van der Waals surface area (Å²) >= 11 is 0. The van der Waals surface area contributed by atoms with Crippen molar-refractivity contribution >= 4 is 23.5 Å². The minimum absolute atomic E-state index is 0.0649. The molecule has 0 heterocycles. The van der Waals surface area contributed by atoms with Crippen LogP contribution >= 0.6 is 0 Å². The third kappa shape index (κ3) is 2.90. The summed E-state index contributed by atoms with van der Waals surface area (Å²) in [6, 6.07) is 0. The van der Waals surface area contributed by atoms with E-state index in [0.29, 0.717) is 24.0 Å². The van der Waals surface area contributed by atoms with E-state index in [0.717, 1.165) is 25.7 Å². The third-order valence-corrected chi connectivity index (χ3v) is 8.74. The van der Waals surface area contributed by atoms with Crippen LogP contribution in [-0.2, 0) is 28.7 Å². The maximum atomic E-state index is 13.9. The Bertz CT molecular complexity index is 902. The van der Waals surface area contributed by atoms with Crippen molar-refractivity contribution in [1.29, 1.82) is 0 Å². The van der Waals surface area contributed by atoms with Crippen molar-refractivity contribution in [3.63, 3.8) is 0 Å². The van der Waals surface area contributed by atoms with E-state index in [1.54, 1.807) is 0 Å². The fourth-order valence-corrected chi connectivity index (χ4v) is 7.62. The van der Waals surface area contributed by atoms with Crippen LogP contribution in [0.15, 0.2) is 24.3 Å². The molecule has 0 aromatic rings. The van der Waals surface area contributed by atoms with Gasteiger partial charge in [0.25, 0.3) is 0 Å². The number of ether oxygens (including phenoxy) is 2. The number of fused-ring (bicyclic) bond motifs is 3. The van der Waals surface area contributed by atoms with E-state index < -0.39 is 16.2 Å². The lowest BCUT2D eigenvalue weighted by molar-refractivity contribution is -0.195. The van der Waals surface area contributed by atoms with Gasteiger partial charge in [-0.25, -0.2) is 0 Å². The molecular weight excluding hydrogens is 396 g/mol. The monoisotopic (exact) mass is 428 g/mol. The van der Waals surface area contributed by atoms with Crippen molar-refractivity contribution in [3.05, 3.63) is 24.3 Å². The largest absolute Gasteiger partial charge is 0.465 e. The van der Waals surface area contributed by atoms with Crippen LogP contribution in [0.5, 0.6) is 0 Å². The Hall–Kier alpha value is -2.24. The molecule has 1 spiro atoms. The van der Waals surface area contributed by atoms with Gasteiger partial charge in [0.15, 0.2) is 11.6 Å². The zero-order chi connectivity index (χ0) is 22.8. The Labute approximate surface area is 183 Å². The number of allylic oxidation sites excluding steroid dienone is 2. The van der Waals surface area contributed by atoms with Gasteiger partial charge in [-0.05, 0) is 55.1 Å². The van der Waals surface area contributed by atoms with E-state index in [4.69, 9.17) is 9.47 Å². The molecule has 6 nitrogen and oxygen atoms in total. The predicted molar refractivity (Wildman–Crippen MR) is 113 cm³/mol. The van der Waals surface area contributed by atoms with Crippen LogP contribution in [-0.4, -0.2) is 36.7 Å². The van der Waals surface area contributed by atoms with Crippen molar-refractivity contribution < 1.29 is 28.7 Å². The quantitative estimate of drug-likeness (QED) is 0.386. The summed E-state index contributed by atoms with van der Waals surface area (Å²) in [6.45, 7) is 13.4. The first-order valence-electron chi connectivity index (χ1n) is 11.2. The highest BCUT2D eigenvalue weighted by Gasteiger charge is 2.73. The smallest absolute Gasteiger partial charge is 0.302 e. The Kier molecular flexibility index (Phi) is 5.06. The normalized spacial score (nSPS) is 41.5. The van der Waals surface area contributed by atoms with E-state index in [-0.39, 0.29) is 54.5 Å². The van der Waals surface area contributed by atoms with Crippen LogP contribution in [0.1, 0.15) is 59.3 Å². The topological polar surface area (TPSA) is 86.7 Å². The van der Waals surface area contributed by atoms with Crippen LogP contribution in [0.4, 0.5) is 0 Å². The predicted octanol–water partition coefficient (Wildman–Crippen LogP) is 3.59. The minimum atomic E-state index is -1.14. The zero-order valence-electron chi connectivity index (χ0n) is 18.8. The first-order chi connectivity index (χ1) is 14.5. The summed E-state index contributed by atoms with van der Waals surface area (Å²) in [5.74, 6) is -1.55. The molecule has 3 unspecified atom stereocenters. The second-order valence-corrected chi connectivity index (χ2v) is 10.4. The van der Waals surface area contributed by atoms with Gasteiger partial charge in [0.05, 0.1) is 18.6 Å². The van der Waals surface area contributed by atoms with Gasteiger partial charge in [0, 0.05) is 30.6 Å². The van der Waals surface area contributed by atoms with Gasteiger partial charge in [-0.15, -0.1) is 0 Å². The average molecular weight is 429 g/mol. The highest BCUT2D eigenvalue weighted by Crippen LogP contribution is 2.71. The lowest BCUT2D eigenvalue weighted by Crippen LogP contribution is -2.69. The maximum Gasteiger partial charge on any atom is 0.302 e. The fourth-order valence-electron chi connectivity index (χ4n) is 7.62. The Balaban J connectivity index is 1.87. The highest BCUT2D eigenvalue weighted by molar-refractivity contribution is 6.21. The molecule has 5 aliphatic rings. The molecule has 5 rings (SSSR count). The van der Waals surface area contributed by atoms with Gasteiger partial charge >= 0.3 is 11.9 Å². The van der Waals surface area contributed by atoms with E-state index in [2.05, 4.69) is 13.2 Å². The minimum Gasteiger partial charge on any atom is -0.465 e. The number of carbonyl (C=O) groups excluding carboxylic acids is 4. The number of Topliss-reactive ketones (excluding diaryl/α,β-unsaturated/α-hetero) is 2. The Morgan fingerprint density at radius 1 is 0.968 bits per heavy atom. The van der Waals surface area contributed by atoms with Crippen LogP contribution in [0.3, 0.4) is 0 Å². The van der Waals surface area contributed by atoms with Gasteiger partial charge in [-0.1, -0.05) is 26.5 Å². The second kappa shape index (κ2) is 7.14. The standard InChI is InChI=1S/C25H32O6/c1-14-18-7-10-25(21(14)28)19(11-18)24(13-31-17(4)27)9-6-8-23(5,12-30-16(3)26)20(24)15(2)22(25)29/h18-20H,1-2,6-13H2,3-5H3/t18-,19?,20?,23-,24+,25?/m0/s1. The number of esters is 2. The number of carbonyl (C=O) groups is 4. The van der Waals surface area contributed by atoms with E-state index in [1.807, 2.05) is 6.92 Å². The molecule has 2 bridgehead atoms. The summed E-state index contributed by atoms with van der Waals surface area (Å²) in [6.07, 6.45) is 4.33. The molecule has 0 aliphatic heterocycles. The van der Waals surface area contributed by atoms with E-state index in [9.17, 15) is 19.2 Å². The number of hydrogen-bond donors (Lipinski definition) is 0. The summed E-state index contributed by atoms with van der Waals surface area (Å²) in [4.78, 5) is 50.8. The Morgan fingerprint density at radius 3 is 2.23 bits per heavy atom. The van der Waals surface area contributed by atoms with Crippen LogP contribution in [0.2, 0.25) is 0 Å². The summed E-state index contributed by atoms with van der Waals surface area (Å²) in [5.41, 5.74) is -1.27. The first-order valence-corrected chi connectivity index (χ1v) is 11.2. The average Bonchev–Trinajstić information content (AvgIpc) is 2.72. The molecule has 0 aromatic heterocycles. The van der Waals surface area contributed by atoms with Crippen LogP contribution < -0.4 is 0 Å². The molecule has 0 radical (unpaired) electrons. The molecular formula is C25H32O6. The molecule has 0 aromatic carbocycles. The molecule has 0 saturated heterocycles. The fraction of sp³-hybridized carbons (Fsp3) is 0.680. The summed E-state index contributed by atoms with van der Waals surface area (Å²) in [5, 5.41) is 0. The van der Waals surface area contributed by atoms with Gasteiger partial charge in [-0.2, -0.15) is 0 Å². The number of hydrogen-bond acceptors (Lipinski definition) is 6. The van der Waals surface area contributed by atoms with Crippen molar-refractivity contribution in [2.75, 3.05) is 13.2 Å². The van der Waals surface area contributed by atoms with E-state index in [1.165, 1.54) is 13.8 Å². The molecule has 0 N–H and O–H groups in total. The molecule has 5 fully saturated rings. The van der Waals surface area contributed by atoms with Crippen LogP contribution in [0, 0.1) is 34.0 Å². The van der Waals surface area contributed by atoms with Crippen molar-refractivity contribution in [2.24, 2.45) is 34.0 Å². The van der Waals surface area contributed by atoms with E-state index >= 15 is 0 Å². The number of ketones is 2. The second-order valence-electron chi connectivity index (χ2n) is 10.4.